The zero-order chi connectivity index (χ0) is 20.1. The normalized spacial score (nSPS) is 16.8. The molecule has 1 atom stereocenters. The third kappa shape index (κ3) is 5.10. The van der Waals surface area contributed by atoms with E-state index in [2.05, 4.69) is 15.7 Å². The van der Waals surface area contributed by atoms with Gasteiger partial charge in [-0.15, -0.1) is 0 Å². The average molecular weight is 396 g/mol. The van der Waals surface area contributed by atoms with Crippen molar-refractivity contribution in [2.24, 2.45) is 0 Å². The summed E-state index contributed by atoms with van der Waals surface area (Å²) < 4.78 is 44.1. The van der Waals surface area contributed by atoms with Crippen LogP contribution in [0.25, 0.3) is 0 Å². The van der Waals surface area contributed by atoms with E-state index in [1.54, 1.807) is 24.3 Å². The Hall–Kier alpha value is -2.88. The van der Waals surface area contributed by atoms with Crippen LogP contribution in [-0.4, -0.2) is 40.9 Å². The fourth-order valence-corrected chi connectivity index (χ4v) is 2.84. The van der Waals surface area contributed by atoms with Gasteiger partial charge in [0, 0.05) is 19.3 Å². The highest BCUT2D eigenvalue weighted by Gasteiger charge is 2.33. The van der Waals surface area contributed by atoms with Crippen LogP contribution in [0.5, 0.6) is 0 Å². The molecule has 150 valence electrons. The number of aromatic nitrogens is 2. The Morgan fingerprint density at radius 1 is 1.25 bits per heavy atom. The van der Waals surface area contributed by atoms with E-state index in [4.69, 9.17) is 4.74 Å². The molecule has 28 heavy (non-hydrogen) atoms. The summed E-state index contributed by atoms with van der Waals surface area (Å²) in [7, 11) is 0. The van der Waals surface area contributed by atoms with Gasteiger partial charge < -0.3 is 15.4 Å². The zero-order valence-corrected chi connectivity index (χ0v) is 14.8. The fraction of sp³-hybridized carbons (Fsp3) is 0.389. The van der Waals surface area contributed by atoms with E-state index >= 15 is 0 Å². The number of anilines is 1. The maximum absolute atomic E-state index is 12.6. The molecule has 2 N–H and O–H groups in total. The van der Waals surface area contributed by atoms with Crippen LogP contribution in [-0.2, 0) is 22.3 Å². The van der Waals surface area contributed by atoms with Crippen molar-refractivity contribution in [1.29, 1.82) is 0 Å². The third-order valence-electron chi connectivity index (χ3n) is 4.20. The van der Waals surface area contributed by atoms with Crippen molar-refractivity contribution in [1.82, 2.24) is 15.1 Å². The molecule has 0 unspecified atom stereocenters. The summed E-state index contributed by atoms with van der Waals surface area (Å²) in [6, 6.07) is 7.18. The first-order valence-corrected chi connectivity index (χ1v) is 8.72. The van der Waals surface area contributed by atoms with Crippen molar-refractivity contribution < 1.29 is 27.5 Å². The lowest BCUT2D eigenvalue weighted by atomic mass is 10.1. The van der Waals surface area contributed by atoms with Gasteiger partial charge in [-0.2, -0.15) is 18.3 Å². The molecule has 1 fully saturated rings. The molecule has 1 aromatic carbocycles. The standard InChI is InChI=1S/C18H19F3N4O3/c19-18(20,21)15-7-8-25(24-15)11-16(26)23-14-6-2-1-5-13(14)17(27)22-10-12-4-3-9-28-12/h1-2,5-8,12H,3-4,9-11H2,(H,22,27)(H,23,26)/t12-/m0/s1. The second kappa shape index (κ2) is 8.42. The van der Waals surface area contributed by atoms with Gasteiger partial charge in [-0.1, -0.05) is 12.1 Å². The monoisotopic (exact) mass is 396 g/mol. The summed E-state index contributed by atoms with van der Waals surface area (Å²) in [4.78, 5) is 24.6. The molecule has 0 spiro atoms. The number of benzene rings is 1. The molecule has 1 aromatic heterocycles. The number of nitrogens with one attached hydrogen (secondary N) is 2. The lowest BCUT2D eigenvalue weighted by Crippen LogP contribution is -2.32. The van der Waals surface area contributed by atoms with Crippen LogP contribution in [0.4, 0.5) is 18.9 Å². The van der Waals surface area contributed by atoms with E-state index < -0.39 is 24.3 Å². The number of nitrogens with zero attached hydrogens (tertiary/aromatic N) is 2. The van der Waals surface area contributed by atoms with Gasteiger partial charge in [-0.05, 0) is 31.0 Å². The number of para-hydroxylation sites is 1. The second-order valence-electron chi connectivity index (χ2n) is 6.34. The average Bonchev–Trinajstić information content (AvgIpc) is 3.31. The molecular formula is C18H19F3N4O3. The van der Waals surface area contributed by atoms with Crippen LogP contribution in [0.15, 0.2) is 36.5 Å². The first kappa shape index (κ1) is 19.9. The van der Waals surface area contributed by atoms with E-state index in [1.165, 1.54) is 0 Å². The molecule has 2 amide bonds. The zero-order valence-electron chi connectivity index (χ0n) is 14.8. The van der Waals surface area contributed by atoms with Crippen molar-refractivity contribution in [3.8, 4) is 0 Å². The van der Waals surface area contributed by atoms with E-state index in [9.17, 15) is 22.8 Å². The largest absolute Gasteiger partial charge is 0.435 e. The molecule has 0 bridgehead atoms. The van der Waals surface area contributed by atoms with Gasteiger partial charge in [0.05, 0.1) is 17.4 Å². The van der Waals surface area contributed by atoms with Gasteiger partial charge in [-0.25, -0.2) is 0 Å². The van der Waals surface area contributed by atoms with Gasteiger partial charge in [0.2, 0.25) is 5.91 Å². The lowest BCUT2D eigenvalue weighted by molar-refractivity contribution is -0.141. The van der Waals surface area contributed by atoms with Gasteiger partial charge in [0.1, 0.15) is 6.54 Å². The van der Waals surface area contributed by atoms with Crippen LogP contribution in [0, 0.1) is 0 Å². The Balaban J connectivity index is 1.61. The highest BCUT2D eigenvalue weighted by atomic mass is 19.4. The van der Waals surface area contributed by atoms with Crippen LogP contribution in [0.2, 0.25) is 0 Å². The number of hydrogen-bond donors (Lipinski definition) is 2. The Kier molecular flexibility index (Phi) is 5.98. The minimum absolute atomic E-state index is 0.0200. The minimum Gasteiger partial charge on any atom is -0.376 e. The van der Waals surface area contributed by atoms with Crippen molar-refractivity contribution in [2.45, 2.75) is 31.7 Å². The van der Waals surface area contributed by atoms with E-state index in [0.717, 1.165) is 29.8 Å². The van der Waals surface area contributed by atoms with E-state index in [0.29, 0.717) is 13.2 Å². The topological polar surface area (TPSA) is 85.2 Å². The van der Waals surface area contributed by atoms with Crippen molar-refractivity contribution >= 4 is 17.5 Å². The van der Waals surface area contributed by atoms with E-state index in [-0.39, 0.29) is 23.3 Å². The summed E-state index contributed by atoms with van der Waals surface area (Å²) in [5, 5.41) is 8.64. The maximum Gasteiger partial charge on any atom is 0.435 e. The summed E-state index contributed by atoms with van der Waals surface area (Å²) in [6.45, 7) is 0.632. The molecule has 2 aromatic rings. The van der Waals surface area contributed by atoms with Crippen LogP contribution in [0.1, 0.15) is 28.9 Å². The quantitative estimate of drug-likeness (QED) is 0.786. The van der Waals surface area contributed by atoms with Crippen molar-refractivity contribution in [3.63, 3.8) is 0 Å². The number of amides is 2. The number of hydrogen-bond acceptors (Lipinski definition) is 4. The lowest BCUT2D eigenvalue weighted by Gasteiger charge is -2.14. The van der Waals surface area contributed by atoms with Crippen LogP contribution < -0.4 is 10.6 Å². The third-order valence-corrected chi connectivity index (χ3v) is 4.20. The highest BCUT2D eigenvalue weighted by molar-refractivity contribution is 6.03. The summed E-state index contributed by atoms with van der Waals surface area (Å²) >= 11 is 0. The molecular weight excluding hydrogens is 377 g/mol. The number of carbonyl (C=O) groups excluding carboxylic acids is 2. The van der Waals surface area contributed by atoms with Crippen LogP contribution >= 0.6 is 0 Å². The van der Waals surface area contributed by atoms with Gasteiger partial charge in [-0.3, -0.25) is 14.3 Å². The molecule has 0 radical (unpaired) electrons. The molecule has 3 rings (SSSR count). The summed E-state index contributed by atoms with van der Waals surface area (Å²) in [6.07, 6.45) is -1.69. The predicted octanol–water partition coefficient (Wildman–Crippen LogP) is 2.45. The summed E-state index contributed by atoms with van der Waals surface area (Å²) in [5.41, 5.74) is -0.556. The van der Waals surface area contributed by atoms with Crippen molar-refractivity contribution in [2.75, 3.05) is 18.5 Å². The second-order valence-corrected chi connectivity index (χ2v) is 6.34. The SMILES string of the molecule is O=C(Cn1ccc(C(F)(F)F)n1)Nc1ccccc1C(=O)NC[C@@H]1CCCO1. The predicted molar refractivity (Wildman–Crippen MR) is 93.6 cm³/mol. The van der Waals surface area contributed by atoms with Gasteiger partial charge >= 0.3 is 6.18 Å². The van der Waals surface area contributed by atoms with Crippen molar-refractivity contribution in [3.05, 3.63) is 47.8 Å². The Morgan fingerprint density at radius 2 is 2.04 bits per heavy atom. The summed E-state index contributed by atoms with van der Waals surface area (Å²) in [5.74, 6) is -0.971. The first-order valence-electron chi connectivity index (χ1n) is 8.72. The first-order chi connectivity index (χ1) is 13.3. The molecule has 1 aliphatic heterocycles. The molecule has 0 saturated carbocycles. The van der Waals surface area contributed by atoms with Gasteiger partial charge in [0.25, 0.3) is 5.91 Å². The van der Waals surface area contributed by atoms with E-state index in [1.807, 2.05) is 0 Å². The number of carbonyl (C=O) groups is 2. The Bertz CT molecular complexity index is 845. The molecule has 10 heteroatoms. The molecule has 7 nitrogen and oxygen atoms in total. The number of alkyl halides is 3. The minimum atomic E-state index is -4.57. The maximum atomic E-state index is 12.6. The van der Waals surface area contributed by atoms with Crippen LogP contribution in [0.3, 0.4) is 0 Å². The Morgan fingerprint density at radius 3 is 2.71 bits per heavy atom. The smallest absolute Gasteiger partial charge is 0.376 e. The number of rotatable bonds is 6. The Labute approximate surface area is 158 Å². The molecule has 0 aliphatic carbocycles. The molecule has 1 aliphatic rings. The number of ether oxygens (including phenoxy) is 1. The van der Waals surface area contributed by atoms with Gasteiger partial charge in [0.15, 0.2) is 5.69 Å². The highest BCUT2D eigenvalue weighted by Crippen LogP contribution is 2.27. The molecule has 1 saturated heterocycles. The fourth-order valence-electron chi connectivity index (χ4n) is 2.84. The number of halogens is 3. The molecule has 2 heterocycles.